The Balaban J connectivity index is 1.51. The molecule has 1 aromatic heterocycles. The molecular formula is C16H13BrN4OS. The number of fused-ring (bicyclic) bond motifs is 1. The van der Waals surface area contributed by atoms with Gasteiger partial charge in [-0.1, -0.05) is 51.5 Å². The Bertz CT molecular complexity index is 829. The van der Waals surface area contributed by atoms with Gasteiger partial charge in [0, 0.05) is 4.47 Å². The summed E-state index contributed by atoms with van der Waals surface area (Å²) >= 11 is 4.84. The van der Waals surface area contributed by atoms with Gasteiger partial charge in [-0.05, 0) is 29.8 Å². The third kappa shape index (κ3) is 4.37. The van der Waals surface area contributed by atoms with Crippen LogP contribution >= 0.6 is 27.3 Å². The molecule has 0 atom stereocenters. The molecule has 5 nitrogen and oxygen atoms in total. The van der Waals surface area contributed by atoms with E-state index in [2.05, 4.69) is 36.8 Å². The molecule has 0 aliphatic rings. The SMILES string of the molecule is O=C(CN/N=C/c1cccc(Br)c1)Nc1nc2ccccc2s1. The van der Waals surface area contributed by atoms with Crippen LogP contribution in [0.15, 0.2) is 58.1 Å². The second kappa shape index (κ2) is 7.34. The Morgan fingerprint density at radius 1 is 1.26 bits per heavy atom. The van der Waals surface area contributed by atoms with Gasteiger partial charge in [-0.25, -0.2) is 4.98 Å². The molecule has 0 radical (unpaired) electrons. The van der Waals surface area contributed by atoms with E-state index in [1.807, 2.05) is 48.5 Å². The van der Waals surface area contributed by atoms with E-state index in [-0.39, 0.29) is 12.5 Å². The summed E-state index contributed by atoms with van der Waals surface area (Å²) in [7, 11) is 0. The molecule has 0 bridgehead atoms. The predicted octanol–water partition coefficient (Wildman–Crippen LogP) is 3.62. The molecule has 0 fully saturated rings. The molecule has 0 saturated heterocycles. The molecule has 2 aromatic carbocycles. The number of benzene rings is 2. The Hall–Kier alpha value is -2.25. The third-order valence-electron chi connectivity index (χ3n) is 2.93. The number of anilines is 1. The summed E-state index contributed by atoms with van der Waals surface area (Å²) in [5.41, 5.74) is 4.55. The van der Waals surface area contributed by atoms with Crippen molar-refractivity contribution >= 4 is 54.7 Å². The number of thiazole rings is 1. The highest BCUT2D eigenvalue weighted by Gasteiger charge is 2.06. The first-order valence-corrected chi connectivity index (χ1v) is 8.48. The summed E-state index contributed by atoms with van der Waals surface area (Å²) in [6, 6.07) is 15.5. The lowest BCUT2D eigenvalue weighted by molar-refractivity contribution is -0.115. The van der Waals surface area contributed by atoms with Gasteiger partial charge in [-0.3, -0.25) is 4.79 Å². The Morgan fingerprint density at radius 2 is 2.13 bits per heavy atom. The van der Waals surface area contributed by atoms with Gasteiger partial charge in [-0.2, -0.15) is 5.10 Å². The lowest BCUT2D eigenvalue weighted by Gasteiger charge is -2.01. The molecule has 1 heterocycles. The molecular weight excluding hydrogens is 376 g/mol. The Kier molecular flexibility index (Phi) is 4.99. The minimum atomic E-state index is -0.185. The number of hydrogen-bond donors (Lipinski definition) is 2. The molecule has 0 saturated carbocycles. The van der Waals surface area contributed by atoms with Crippen LogP contribution in [0.2, 0.25) is 0 Å². The second-order valence-electron chi connectivity index (χ2n) is 4.68. The molecule has 23 heavy (non-hydrogen) atoms. The molecule has 0 unspecified atom stereocenters. The number of aromatic nitrogens is 1. The van der Waals surface area contributed by atoms with Crippen molar-refractivity contribution in [3.05, 3.63) is 58.6 Å². The smallest absolute Gasteiger partial charge is 0.247 e. The van der Waals surface area contributed by atoms with Crippen LogP contribution in [0.3, 0.4) is 0 Å². The van der Waals surface area contributed by atoms with Crippen molar-refractivity contribution in [1.29, 1.82) is 0 Å². The van der Waals surface area contributed by atoms with Crippen molar-refractivity contribution in [3.63, 3.8) is 0 Å². The minimum absolute atomic E-state index is 0.0838. The van der Waals surface area contributed by atoms with Crippen molar-refractivity contribution in [1.82, 2.24) is 10.4 Å². The first-order valence-electron chi connectivity index (χ1n) is 6.87. The number of nitrogens with zero attached hydrogens (tertiary/aromatic N) is 2. The number of para-hydroxylation sites is 1. The summed E-state index contributed by atoms with van der Waals surface area (Å²) < 4.78 is 2.03. The van der Waals surface area contributed by atoms with E-state index < -0.39 is 0 Å². The zero-order chi connectivity index (χ0) is 16.1. The van der Waals surface area contributed by atoms with Gasteiger partial charge < -0.3 is 10.7 Å². The van der Waals surface area contributed by atoms with Crippen molar-refractivity contribution in [3.8, 4) is 0 Å². The van der Waals surface area contributed by atoms with Gasteiger partial charge in [0.2, 0.25) is 5.91 Å². The van der Waals surface area contributed by atoms with Crippen LogP contribution in [-0.2, 0) is 4.79 Å². The van der Waals surface area contributed by atoms with Crippen LogP contribution < -0.4 is 10.7 Å². The van der Waals surface area contributed by atoms with E-state index in [1.165, 1.54) is 11.3 Å². The fourth-order valence-electron chi connectivity index (χ4n) is 1.91. The summed E-state index contributed by atoms with van der Waals surface area (Å²) in [5.74, 6) is -0.185. The molecule has 0 aliphatic carbocycles. The molecule has 1 amide bonds. The standard InChI is InChI=1S/C16H13BrN4OS/c17-12-5-3-4-11(8-12)9-18-19-10-15(22)21-16-20-13-6-1-2-7-14(13)23-16/h1-9,19H,10H2,(H,20,21,22)/b18-9+. The lowest BCUT2D eigenvalue weighted by Crippen LogP contribution is -2.24. The number of carbonyl (C=O) groups is 1. The van der Waals surface area contributed by atoms with E-state index in [1.54, 1.807) is 6.21 Å². The monoisotopic (exact) mass is 388 g/mol. The van der Waals surface area contributed by atoms with Gasteiger partial charge >= 0.3 is 0 Å². The van der Waals surface area contributed by atoms with Crippen molar-refractivity contribution < 1.29 is 4.79 Å². The van der Waals surface area contributed by atoms with Crippen molar-refractivity contribution in [2.75, 3.05) is 11.9 Å². The fraction of sp³-hybridized carbons (Fsp3) is 0.0625. The number of hydrogen-bond acceptors (Lipinski definition) is 5. The number of carbonyl (C=O) groups excluding carboxylic acids is 1. The largest absolute Gasteiger partial charge is 0.301 e. The minimum Gasteiger partial charge on any atom is -0.301 e. The molecule has 0 spiro atoms. The highest BCUT2D eigenvalue weighted by molar-refractivity contribution is 9.10. The first kappa shape index (κ1) is 15.6. The zero-order valence-electron chi connectivity index (χ0n) is 12.0. The Morgan fingerprint density at radius 3 is 2.96 bits per heavy atom. The summed E-state index contributed by atoms with van der Waals surface area (Å²) in [5, 5.41) is 7.39. The fourth-order valence-corrected chi connectivity index (χ4v) is 3.21. The topological polar surface area (TPSA) is 66.4 Å². The van der Waals surface area contributed by atoms with E-state index in [9.17, 15) is 4.79 Å². The number of hydrazone groups is 1. The third-order valence-corrected chi connectivity index (χ3v) is 4.38. The van der Waals surface area contributed by atoms with E-state index in [0.29, 0.717) is 5.13 Å². The van der Waals surface area contributed by atoms with Crippen molar-refractivity contribution in [2.45, 2.75) is 0 Å². The van der Waals surface area contributed by atoms with Crippen LogP contribution in [0.4, 0.5) is 5.13 Å². The average molecular weight is 389 g/mol. The lowest BCUT2D eigenvalue weighted by atomic mass is 10.2. The quantitative estimate of drug-likeness (QED) is 0.518. The van der Waals surface area contributed by atoms with Crippen LogP contribution in [-0.4, -0.2) is 23.7 Å². The van der Waals surface area contributed by atoms with Crippen LogP contribution in [0.5, 0.6) is 0 Å². The molecule has 3 rings (SSSR count). The van der Waals surface area contributed by atoms with Gasteiger partial charge in [0.25, 0.3) is 0 Å². The summed E-state index contributed by atoms with van der Waals surface area (Å²) in [4.78, 5) is 16.2. The van der Waals surface area contributed by atoms with E-state index >= 15 is 0 Å². The van der Waals surface area contributed by atoms with E-state index in [4.69, 9.17) is 0 Å². The normalized spacial score (nSPS) is 11.0. The van der Waals surface area contributed by atoms with E-state index in [0.717, 1.165) is 20.3 Å². The molecule has 116 valence electrons. The number of nitrogens with one attached hydrogen (secondary N) is 2. The summed E-state index contributed by atoms with van der Waals surface area (Å²) in [6.45, 7) is 0.0838. The van der Waals surface area contributed by atoms with Gasteiger partial charge in [0.1, 0.15) is 6.54 Å². The van der Waals surface area contributed by atoms with Gasteiger partial charge in [-0.15, -0.1) is 0 Å². The molecule has 2 N–H and O–H groups in total. The van der Waals surface area contributed by atoms with Crippen LogP contribution in [0.25, 0.3) is 10.2 Å². The first-order chi connectivity index (χ1) is 11.2. The van der Waals surface area contributed by atoms with Crippen LogP contribution in [0, 0.1) is 0 Å². The second-order valence-corrected chi connectivity index (χ2v) is 6.63. The highest BCUT2D eigenvalue weighted by Crippen LogP contribution is 2.25. The van der Waals surface area contributed by atoms with Crippen molar-refractivity contribution in [2.24, 2.45) is 5.10 Å². The number of halogens is 1. The highest BCUT2D eigenvalue weighted by atomic mass is 79.9. The Labute approximate surface area is 145 Å². The summed E-state index contributed by atoms with van der Waals surface area (Å²) in [6.07, 6.45) is 1.66. The van der Waals surface area contributed by atoms with Gasteiger partial charge in [0.15, 0.2) is 5.13 Å². The maximum atomic E-state index is 11.9. The number of rotatable bonds is 5. The number of amides is 1. The molecule has 7 heteroatoms. The molecule has 3 aromatic rings. The molecule has 0 aliphatic heterocycles. The zero-order valence-corrected chi connectivity index (χ0v) is 14.4. The van der Waals surface area contributed by atoms with Gasteiger partial charge in [0.05, 0.1) is 16.4 Å². The van der Waals surface area contributed by atoms with Crippen LogP contribution in [0.1, 0.15) is 5.56 Å². The maximum absolute atomic E-state index is 11.9. The average Bonchev–Trinajstić information content (AvgIpc) is 2.94. The predicted molar refractivity (Wildman–Crippen MR) is 98.0 cm³/mol. The maximum Gasteiger partial charge on any atom is 0.247 e.